The third kappa shape index (κ3) is 2.28. The second-order valence-corrected chi connectivity index (χ2v) is 4.62. The fourth-order valence-electron chi connectivity index (χ4n) is 2.34. The Hall–Kier alpha value is -2.03. The van der Waals surface area contributed by atoms with Crippen LogP contribution in [0, 0.1) is 0 Å². The number of alkyl halides is 3. The van der Waals surface area contributed by atoms with Crippen molar-refractivity contribution in [1.82, 2.24) is 0 Å². The third-order valence-corrected chi connectivity index (χ3v) is 3.35. The Kier molecular flexibility index (Phi) is 2.70. The second kappa shape index (κ2) is 4.26. The molecular formula is C16H11F3. The first-order valence-corrected chi connectivity index (χ1v) is 6.00. The molecule has 96 valence electrons. The van der Waals surface area contributed by atoms with Gasteiger partial charge in [0.1, 0.15) is 0 Å². The van der Waals surface area contributed by atoms with Gasteiger partial charge in [-0.3, -0.25) is 0 Å². The number of rotatable bonds is 1. The summed E-state index contributed by atoms with van der Waals surface area (Å²) in [7, 11) is 0. The van der Waals surface area contributed by atoms with Gasteiger partial charge in [0, 0.05) is 0 Å². The van der Waals surface area contributed by atoms with E-state index in [0.29, 0.717) is 0 Å². The van der Waals surface area contributed by atoms with Gasteiger partial charge in [0.05, 0.1) is 5.56 Å². The minimum Gasteiger partial charge on any atom is -0.166 e. The van der Waals surface area contributed by atoms with E-state index in [1.807, 2.05) is 30.3 Å². The minimum absolute atomic E-state index is 0.604. The Morgan fingerprint density at radius 2 is 1.53 bits per heavy atom. The van der Waals surface area contributed by atoms with Crippen molar-refractivity contribution in [1.29, 1.82) is 0 Å². The fraction of sp³-hybridized carbons (Fsp3) is 0.125. The van der Waals surface area contributed by atoms with Gasteiger partial charge in [-0.2, -0.15) is 13.2 Å². The highest BCUT2D eigenvalue weighted by atomic mass is 19.4. The molecule has 19 heavy (non-hydrogen) atoms. The fourth-order valence-corrected chi connectivity index (χ4v) is 2.34. The standard InChI is InChI=1S/C16H11F3/c17-16(18,19)15-7-5-11(6-8-15)14-9-12-3-1-2-4-13(12)10-14/h1-9H,10H2. The summed E-state index contributed by atoms with van der Waals surface area (Å²) in [6, 6.07) is 13.4. The van der Waals surface area contributed by atoms with Gasteiger partial charge < -0.3 is 0 Å². The maximum atomic E-state index is 12.5. The number of allylic oxidation sites excluding steroid dienone is 1. The molecule has 0 spiro atoms. The zero-order valence-corrected chi connectivity index (χ0v) is 10.0. The minimum atomic E-state index is -4.27. The van der Waals surface area contributed by atoms with Gasteiger partial charge in [0.25, 0.3) is 0 Å². The normalized spacial score (nSPS) is 14.2. The van der Waals surface area contributed by atoms with Crippen LogP contribution in [-0.2, 0) is 12.6 Å². The highest BCUT2D eigenvalue weighted by Gasteiger charge is 2.30. The highest BCUT2D eigenvalue weighted by Crippen LogP contribution is 2.34. The Morgan fingerprint density at radius 3 is 2.16 bits per heavy atom. The van der Waals surface area contributed by atoms with E-state index >= 15 is 0 Å². The average molecular weight is 260 g/mol. The molecule has 1 aliphatic rings. The van der Waals surface area contributed by atoms with E-state index in [0.717, 1.165) is 35.3 Å². The molecular weight excluding hydrogens is 249 g/mol. The number of hydrogen-bond donors (Lipinski definition) is 0. The first kappa shape index (κ1) is 12.0. The molecule has 0 heterocycles. The van der Waals surface area contributed by atoms with E-state index in [2.05, 4.69) is 0 Å². The molecule has 0 saturated carbocycles. The van der Waals surface area contributed by atoms with Crippen LogP contribution in [0.3, 0.4) is 0 Å². The molecule has 0 radical (unpaired) electrons. The summed E-state index contributed by atoms with van der Waals surface area (Å²) in [5, 5.41) is 0. The zero-order valence-electron chi connectivity index (χ0n) is 10.0. The van der Waals surface area contributed by atoms with Crippen molar-refractivity contribution in [3.05, 3.63) is 70.8 Å². The maximum absolute atomic E-state index is 12.5. The lowest BCUT2D eigenvalue weighted by atomic mass is 10.0. The Morgan fingerprint density at radius 1 is 0.842 bits per heavy atom. The van der Waals surface area contributed by atoms with Crippen LogP contribution in [0.1, 0.15) is 22.3 Å². The van der Waals surface area contributed by atoms with Gasteiger partial charge in [-0.1, -0.05) is 42.5 Å². The van der Waals surface area contributed by atoms with Gasteiger partial charge in [-0.25, -0.2) is 0 Å². The topological polar surface area (TPSA) is 0 Å². The summed E-state index contributed by atoms with van der Waals surface area (Å²) in [5.74, 6) is 0. The van der Waals surface area contributed by atoms with Gasteiger partial charge in [-0.15, -0.1) is 0 Å². The third-order valence-electron chi connectivity index (χ3n) is 3.35. The molecule has 0 bridgehead atoms. The summed E-state index contributed by atoms with van der Waals surface area (Å²) < 4.78 is 37.5. The molecule has 1 aliphatic carbocycles. The summed E-state index contributed by atoms with van der Waals surface area (Å²) in [6.45, 7) is 0. The van der Waals surface area contributed by atoms with Crippen molar-refractivity contribution in [2.45, 2.75) is 12.6 Å². The zero-order chi connectivity index (χ0) is 13.5. The number of fused-ring (bicyclic) bond motifs is 1. The van der Waals surface area contributed by atoms with Crippen molar-refractivity contribution in [3.63, 3.8) is 0 Å². The molecule has 3 rings (SSSR count). The maximum Gasteiger partial charge on any atom is 0.416 e. The second-order valence-electron chi connectivity index (χ2n) is 4.62. The Bertz CT molecular complexity index is 634. The Balaban J connectivity index is 1.90. The van der Waals surface area contributed by atoms with Crippen LogP contribution >= 0.6 is 0 Å². The van der Waals surface area contributed by atoms with E-state index < -0.39 is 11.7 Å². The SMILES string of the molecule is FC(F)(F)c1ccc(C2=Cc3ccccc3C2)cc1. The van der Waals surface area contributed by atoms with Crippen LogP contribution in [0.25, 0.3) is 11.6 Å². The molecule has 0 saturated heterocycles. The molecule has 2 aromatic carbocycles. The van der Waals surface area contributed by atoms with E-state index in [4.69, 9.17) is 0 Å². The van der Waals surface area contributed by atoms with Crippen LogP contribution in [-0.4, -0.2) is 0 Å². The first-order valence-electron chi connectivity index (χ1n) is 6.00. The molecule has 0 aromatic heterocycles. The molecule has 0 unspecified atom stereocenters. The van der Waals surface area contributed by atoms with Crippen LogP contribution in [0.15, 0.2) is 48.5 Å². The van der Waals surface area contributed by atoms with Gasteiger partial charge in [0.2, 0.25) is 0 Å². The Labute approximate surface area is 109 Å². The molecule has 0 nitrogen and oxygen atoms in total. The van der Waals surface area contributed by atoms with Crippen LogP contribution < -0.4 is 0 Å². The summed E-state index contributed by atoms with van der Waals surface area (Å²) >= 11 is 0. The van der Waals surface area contributed by atoms with E-state index in [1.54, 1.807) is 12.1 Å². The summed E-state index contributed by atoms with van der Waals surface area (Å²) in [6.07, 6.45) is -1.45. The number of benzene rings is 2. The van der Waals surface area contributed by atoms with Crippen molar-refractivity contribution < 1.29 is 13.2 Å². The summed E-state index contributed by atoms with van der Waals surface area (Å²) in [4.78, 5) is 0. The number of halogens is 3. The molecule has 0 atom stereocenters. The summed E-state index contributed by atoms with van der Waals surface area (Å²) in [5.41, 5.74) is 3.68. The quantitative estimate of drug-likeness (QED) is 0.690. The largest absolute Gasteiger partial charge is 0.416 e. The van der Waals surface area contributed by atoms with E-state index in [9.17, 15) is 13.2 Å². The predicted octanol–water partition coefficient (Wildman–Crippen LogP) is 4.80. The van der Waals surface area contributed by atoms with Crippen molar-refractivity contribution in [2.24, 2.45) is 0 Å². The molecule has 2 aromatic rings. The van der Waals surface area contributed by atoms with Crippen LogP contribution in [0.5, 0.6) is 0 Å². The molecule has 0 fully saturated rings. The molecule has 0 amide bonds. The molecule has 0 N–H and O–H groups in total. The number of hydrogen-bond acceptors (Lipinski definition) is 0. The van der Waals surface area contributed by atoms with Gasteiger partial charge in [0.15, 0.2) is 0 Å². The lowest BCUT2D eigenvalue weighted by molar-refractivity contribution is -0.137. The smallest absolute Gasteiger partial charge is 0.166 e. The van der Waals surface area contributed by atoms with Crippen molar-refractivity contribution in [2.75, 3.05) is 0 Å². The van der Waals surface area contributed by atoms with E-state index in [-0.39, 0.29) is 0 Å². The van der Waals surface area contributed by atoms with Crippen LogP contribution in [0.2, 0.25) is 0 Å². The lowest BCUT2D eigenvalue weighted by Crippen LogP contribution is -2.04. The van der Waals surface area contributed by atoms with Crippen molar-refractivity contribution in [3.8, 4) is 0 Å². The average Bonchev–Trinajstić information content (AvgIpc) is 2.81. The van der Waals surface area contributed by atoms with Crippen LogP contribution in [0.4, 0.5) is 13.2 Å². The van der Waals surface area contributed by atoms with Gasteiger partial charge in [-0.05, 0) is 40.8 Å². The highest BCUT2D eigenvalue weighted by molar-refractivity contribution is 5.88. The lowest BCUT2D eigenvalue weighted by Gasteiger charge is -2.08. The van der Waals surface area contributed by atoms with E-state index in [1.165, 1.54) is 5.56 Å². The monoisotopic (exact) mass is 260 g/mol. The first-order chi connectivity index (χ1) is 9.04. The predicted molar refractivity (Wildman–Crippen MR) is 69.5 cm³/mol. The molecule has 3 heteroatoms. The van der Waals surface area contributed by atoms with Crippen molar-refractivity contribution >= 4 is 11.6 Å². The molecule has 0 aliphatic heterocycles. The van der Waals surface area contributed by atoms with Gasteiger partial charge >= 0.3 is 6.18 Å².